The summed E-state index contributed by atoms with van der Waals surface area (Å²) in [7, 11) is 0. The zero-order valence-corrected chi connectivity index (χ0v) is 17.3. The summed E-state index contributed by atoms with van der Waals surface area (Å²) in [5.74, 6) is -0.314. The number of ether oxygens (including phenoxy) is 3. The highest BCUT2D eigenvalue weighted by molar-refractivity contribution is 6.30. The number of carbonyl (C=O) groups is 1. The van der Waals surface area contributed by atoms with E-state index < -0.39 is 30.1 Å². The van der Waals surface area contributed by atoms with Gasteiger partial charge in [-0.3, -0.25) is 4.98 Å². The van der Waals surface area contributed by atoms with Crippen molar-refractivity contribution in [3.63, 3.8) is 0 Å². The molecule has 1 aliphatic rings. The Labute approximate surface area is 176 Å². The Hall–Kier alpha value is -2.33. The molecule has 11 heteroatoms. The molecule has 1 amide bonds. The van der Waals surface area contributed by atoms with E-state index in [2.05, 4.69) is 9.97 Å². The number of fused-ring (bicyclic) bond motifs is 1. The first-order chi connectivity index (χ1) is 13.9. The number of morpholine rings is 1. The van der Waals surface area contributed by atoms with Crippen LogP contribution < -0.4 is 4.74 Å². The summed E-state index contributed by atoms with van der Waals surface area (Å²) in [6.45, 7) is 4.69. The molecule has 2 atom stereocenters. The summed E-state index contributed by atoms with van der Waals surface area (Å²) in [4.78, 5) is 21.4. The van der Waals surface area contributed by atoms with Crippen LogP contribution in [-0.2, 0) is 9.47 Å². The smallest absolute Gasteiger partial charge is 0.428 e. The van der Waals surface area contributed by atoms with E-state index in [1.54, 1.807) is 26.8 Å². The Morgan fingerprint density at radius 3 is 2.77 bits per heavy atom. The highest BCUT2D eigenvalue weighted by Crippen LogP contribution is 2.33. The van der Waals surface area contributed by atoms with Gasteiger partial charge in [0, 0.05) is 18.8 Å². The van der Waals surface area contributed by atoms with E-state index in [0.29, 0.717) is 5.52 Å². The lowest BCUT2D eigenvalue weighted by Crippen LogP contribution is -2.56. The zero-order valence-electron chi connectivity index (χ0n) is 16.6. The maximum atomic E-state index is 13.9. The molecule has 0 aromatic carbocycles. The minimum Gasteiger partial charge on any atom is -0.461 e. The maximum Gasteiger partial charge on any atom is 0.428 e. The molecule has 0 radical (unpaired) electrons. The molecular formula is C19H21ClF3N3O4. The van der Waals surface area contributed by atoms with Crippen LogP contribution in [0.25, 0.3) is 10.9 Å². The fourth-order valence-corrected chi connectivity index (χ4v) is 3.11. The molecule has 0 spiro atoms. The van der Waals surface area contributed by atoms with Crippen molar-refractivity contribution in [2.75, 3.05) is 19.7 Å². The molecule has 1 aliphatic heterocycles. The van der Waals surface area contributed by atoms with Gasteiger partial charge in [-0.25, -0.2) is 9.78 Å². The van der Waals surface area contributed by atoms with Crippen LogP contribution >= 0.6 is 11.6 Å². The molecule has 0 N–H and O–H groups in total. The molecule has 164 valence electrons. The molecular weight excluding hydrogens is 427 g/mol. The molecule has 2 aromatic rings. The van der Waals surface area contributed by atoms with Crippen LogP contribution in [0.4, 0.5) is 18.0 Å². The van der Waals surface area contributed by atoms with Crippen LogP contribution in [-0.4, -0.2) is 64.6 Å². The molecule has 7 nitrogen and oxygen atoms in total. The van der Waals surface area contributed by atoms with Crippen LogP contribution in [0.5, 0.6) is 5.88 Å². The average Bonchev–Trinajstić information content (AvgIpc) is 2.63. The van der Waals surface area contributed by atoms with E-state index in [1.807, 2.05) is 0 Å². The molecule has 3 rings (SSSR count). The monoisotopic (exact) mass is 447 g/mol. The first-order valence-corrected chi connectivity index (χ1v) is 9.56. The van der Waals surface area contributed by atoms with Crippen molar-refractivity contribution >= 4 is 28.6 Å². The summed E-state index contributed by atoms with van der Waals surface area (Å²) >= 11 is 5.92. The summed E-state index contributed by atoms with van der Waals surface area (Å²) in [5, 5.41) is 0.216. The van der Waals surface area contributed by atoms with Gasteiger partial charge in [-0.15, -0.1) is 0 Å². The van der Waals surface area contributed by atoms with Crippen molar-refractivity contribution in [1.29, 1.82) is 0 Å². The van der Waals surface area contributed by atoms with Gasteiger partial charge in [0.2, 0.25) is 12.0 Å². The number of aromatic nitrogens is 2. The number of halogens is 4. The predicted molar refractivity (Wildman–Crippen MR) is 103 cm³/mol. The zero-order chi connectivity index (χ0) is 22.1. The van der Waals surface area contributed by atoms with E-state index in [4.69, 9.17) is 25.8 Å². The Balaban J connectivity index is 1.86. The predicted octanol–water partition coefficient (Wildman–Crippen LogP) is 4.23. The largest absolute Gasteiger partial charge is 0.461 e. The van der Waals surface area contributed by atoms with Crippen molar-refractivity contribution in [3.8, 4) is 5.88 Å². The second-order valence-electron chi connectivity index (χ2n) is 7.74. The third-order valence-electron chi connectivity index (χ3n) is 4.18. The van der Waals surface area contributed by atoms with Gasteiger partial charge >= 0.3 is 12.3 Å². The normalized spacial score (nSPS) is 18.9. The third-order valence-corrected chi connectivity index (χ3v) is 4.37. The van der Waals surface area contributed by atoms with Gasteiger partial charge in [0.1, 0.15) is 16.9 Å². The van der Waals surface area contributed by atoms with Gasteiger partial charge in [-0.2, -0.15) is 13.2 Å². The molecule has 0 aliphatic carbocycles. The van der Waals surface area contributed by atoms with Crippen molar-refractivity contribution in [3.05, 3.63) is 29.5 Å². The summed E-state index contributed by atoms with van der Waals surface area (Å²) in [6.07, 6.45) is -7.88. The van der Waals surface area contributed by atoms with Crippen molar-refractivity contribution < 1.29 is 32.2 Å². The van der Waals surface area contributed by atoms with Crippen molar-refractivity contribution in [1.82, 2.24) is 14.9 Å². The lowest BCUT2D eigenvalue weighted by atomic mass is 10.1. The van der Waals surface area contributed by atoms with Crippen LogP contribution in [0.1, 0.15) is 20.8 Å². The lowest BCUT2D eigenvalue weighted by molar-refractivity contribution is -0.235. The molecule has 0 saturated carbocycles. The Bertz CT molecular complexity index is 920. The topological polar surface area (TPSA) is 73.8 Å². The van der Waals surface area contributed by atoms with Gasteiger partial charge in [0.05, 0.1) is 24.1 Å². The van der Waals surface area contributed by atoms with Crippen LogP contribution in [0.15, 0.2) is 24.4 Å². The molecule has 2 aromatic heterocycles. The Morgan fingerprint density at radius 2 is 2.10 bits per heavy atom. The standard InChI is InChI=1S/C19H21ClF3N3O4/c1-18(2,3)30-17(27)26-7-8-28-13(10-26)15(19(21,22)23)29-16-11-5-4-6-24-12(11)9-14(20)25-16/h4-6,9,13,15H,7-8,10H2,1-3H3/t13-,15-/m0/s1. The average molecular weight is 448 g/mol. The van der Waals surface area contributed by atoms with Gasteiger partial charge in [-0.05, 0) is 32.9 Å². The van der Waals surface area contributed by atoms with Crippen LogP contribution in [0.2, 0.25) is 5.15 Å². The number of rotatable bonds is 3. The first kappa shape index (κ1) is 22.4. The molecule has 30 heavy (non-hydrogen) atoms. The number of pyridine rings is 2. The van der Waals surface area contributed by atoms with Crippen LogP contribution in [0, 0.1) is 0 Å². The highest BCUT2D eigenvalue weighted by atomic mass is 35.5. The summed E-state index contributed by atoms with van der Waals surface area (Å²) < 4.78 is 57.5. The number of hydrogen-bond donors (Lipinski definition) is 0. The minimum absolute atomic E-state index is 0.0583. The van der Waals surface area contributed by atoms with Gasteiger partial charge in [0.25, 0.3) is 0 Å². The van der Waals surface area contributed by atoms with Gasteiger partial charge in [0.15, 0.2) is 0 Å². The van der Waals surface area contributed by atoms with E-state index in [0.717, 1.165) is 0 Å². The highest BCUT2D eigenvalue weighted by Gasteiger charge is 2.50. The first-order valence-electron chi connectivity index (χ1n) is 9.18. The lowest BCUT2D eigenvalue weighted by Gasteiger charge is -2.37. The fraction of sp³-hybridized carbons (Fsp3) is 0.526. The number of nitrogens with zero attached hydrogens (tertiary/aromatic N) is 3. The number of alkyl halides is 3. The molecule has 0 bridgehead atoms. The second kappa shape index (κ2) is 8.43. The van der Waals surface area contributed by atoms with E-state index in [1.165, 1.54) is 23.2 Å². The summed E-state index contributed by atoms with van der Waals surface area (Å²) in [6, 6.07) is 4.51. The fourth-order valence-electron chi connectivity index (χ4n) is 2.93. The molecule has 3 heterocycles. The number of hydrogen-bond acceptors (Lipinski definition) is 6. The van der Waals surface area contributed by atoms with E-state index in [9.17, 15) is 18.0 Å². The van der Waals surface area contributed by atoms with Gasteiger partial charge < -0.3 is 19.1 Å². The SMILES string of the molecule is CC(C)(C)OC(=O)N1CCO[C@H]([C@H](Oc2nc(Cl)cc3ncccc23)C(F)(F)F)C1. The van der Waals surface area contributed by atoms with Crippen molar-refractivity contribution in [2.24, 2.45) is 0 Å². The van der Waals surface area contributed by atoms with Gasteiger partial charge in [-0.1, -0.05) is 11.6 Å². The number of amides is 1. The van der Waals surface area contributed by atoms with E-state index >= 15 is 0 Å². The van der Waals surface area contributed by atoms with Crippen molar-refractivity contribution in [2.45, 2.75) is 44.8 Å². The molecule has 1 saturated heterocycles. The minimum atomic E-state index is -4.79. The quantitative estimate of drug-likeness (QED) is 0.656. The Morgan fingerprint density at radius 1 is 1.37 bits per heavy atom. The molecule has 0 unspecified atom stereocenters. The van der Waals surface area contributed by atoms with E-state index in [-0.39, 0.29) is 36.1 Å². The summed E-state index contributed by atoms with van der Waals surface area (Å²) in [5.41, 5.74) is -0.435. The second-order valence-corrected chi connectivity index (χ2v) is 8.12. The number of carbonyl (C=O) groups excluding carboxylic acids is 1. The van der Waals surface area contributed by atoms with Crippen LogP contribution in [0.3, 0.4) is 0 Å². The molecule has 1 fully saturated rings. The third kappa shape index (κ3) is 5.42. The maximum absolute atomic E-state index is 13.9. The Kier molecular flexibility index (Phi) is 6.28.